The Morgan fingerprint density at radius 3 is 2.40 bits per heavy atom. The second-order valence-corrected chi connectivity index (χ2v) is 6.63. The molecule has 4 rings (SSSR count). The summed E-state index contributed by atoms with van der Waals surface area (Å²) in [5, 5.41) is 4.87. The van der Waals surface area contributed by atoms with Gasteiger partial charge in [0.05, 0.1) is 5.56 Å². The van der Waals surface area contributed by atoms with Crippen molar-refractivity contribution in [2.24, 2.45) is 11.8 Å². The minimum absolute atomic E-state index is 0.619. The van der Waals surface area contributed by atoms with Crippen LogP contribution in [-0.4, -0.2) is 15.4 Å². The quantitative estimate of drug-likeness (QED) is 0.884. The van der Waals surface area contributed by atoms with Crippen LogP contribution in [0.5, 0.6) is 0 Å². The molecule has 0 saturated heterocycles. The molecule has 4 nitrogen and oxygen atoms in total. The van der Waals surface area contributed by atoms with Crippen molar-refractivity contribution in [3.8, 4) is 11.1 Å². The largest absolute Gasteiger partial charge is 0.382 e. The predicted octanol–water partition coefficient (Wildman–Crippen LogP) is 3.39. The van der Waals surface area contributed by atoms with E-state index in [1.54, 1.807) is 12.4 Å². The molecule has 2 aromatic heterocycles. The Kier molecular flexibility index (Phi) is 2.88. The van der Waals surface area contributed by atoms with Crippen LogP contribution >= 0.6 is 11.5 Å². The van der Waals surface area contributed by atoms with Crippen LogP contribution < -0.4 is 11.1 Å². The number of rotatable bonds is 5. The average Bonchev–Trinajstić information content (AvgIpc) is 3.36. The lowest BCUT2D eigenvalue weighted by Crippen LogP contribution is -2.23. The van der Waals surface area contributed by atoms with Gasteiger partial charge >= 0.3 is 0 Å². The molecule has 0 atom stereocenters. The van der Waals surface area contributed by atoms with E-state index in [1.165, 1.54) is 37.2 Å². The van der Waals surface area contributed by atoms with Crippen LogP contribution in [0, 0.1) is 11.8 Å². The van der Waals surface area contributed by atoms with Gasteiger partial charge in [-0.15, -0.1) is 0 Å². The Hall–Kier alpha value is -1.62. The first kappa shape index (κ1) is 12.1. The summed E-state index contributed by atoms with van der Waals surface area (Å²) in [6.07, 6.45) is 9.07. The normalized spacial score (nSPS) is 18.4. The van der Waals surface area contributed by atoms with E-state index in [-0.39, 0.29) is 0 Å². The molecule has 104 valence electrons. The number of aromatic nitrogens is 2. The third-order valence-electron chi connectivity index (χ3n) is 4.24. The third kappa shape index (κ3) is 2.26. The molecule has 2 aliphatic rings. The maximum absolute atomic E-state index is 6.07. The van der Waals surface area contributed by atoms with E-state index in [1.807, 2.05) is 12.1 Å². The summed E-state index contributed by atoms with van der Waals surface area (Å²) in [6, 6.07) is 4.61. The first-order valence-electron chi connectivity index (χ1n) is 7.25. The fourth-order valence-electron chi connectivity index (χ4n) is 2.88. The zero-order valence-electron chi connectivity index (χ0n) is 11.2. The van der Waals surface area contributed by atoms with Crippen LogP contribution in [0.25, 0.3) is 11.1 Å². The second-order valence-electron chi connectivity index (χ2n) is 5.85. The van der Waals surface area contributed by atoms with Crippen molar-refractivity contribution in [2.75, 3.05) is 11.1 Å². The van der Waals surface area contributed by atoms with E-state index in [4.69, 9.17) is 5.73 Å². The molecular formula is C15H18N4S. The number of hydrogen-bond donors (Lipinski definition) is 2. The van der Waals surface area contributed by atoms with Crippen molar-refractivity contribution < 1.29 is 0 Å². The molecule has 0 radical (unpaired) electrons. The molecule has 0 amide bonds. The summed E-state index contributed by atoms with van der Waals surface area (Å²) < 4.78 is 4.34. The molecule has 3 N–H and O–H groups in total. The van der Waals surface area contributed by atoms with E-state index >= 15 is 0 Å². The molecule has 2 aromatic rings. The van der Waals surface area contributed by atoms with Gasteiger partial charge in [0.25, 0.3) is 0 Å². The Labute approximate surface area is 122 Å². The van der Waals surface area contributed by atoms with Gasteiger partial charge < -0.3 is 11.1 Å². The van der Waals surface area contributed by atoms with Crippen molar-refractivity contribution in [3.63, 3.8) is 0 Å². The summed E-state index contributed by atoms with van der Waals surface area (Å²) in [6.45, 7) is 0. The minimum atomic E-state index is 0.619. The van der Waals surface area contributed by atoms with Crippen molar-refractivity contribution in [2.45, 2.75) is 31.7 Å². The van der Waals surface area contributed by atoms with Gasteiger partial charge in [-0.25, -0.2) is 0 Å². The van der Waals surface area contributed by atoms with Gasteiger partial charge in [0.15, 0.2) is 0 Å². The Balaban J connectivity index is 1.65. The molecule has 0 aromatic carbocycles. The number of nitrogens with one attached hydrogen (secondary N) is 1. The number of anilines is 2. The highest BCUT2D eigenvalue weighted by molar-refractivity contribution is 7.11. The number of nitrogens with zero attached hydrogens (tertiary/aromatic N) is 2. The fourth-order valence-corrected chi connectivity index (χ4v) is 3.66. The van der Waals surface area contributed by atoms with Gasteiger partial charge in [0, 0.05) is 18.4 Å². The van der Waals surface area contributed by atoms with Crippen LogP contribution in [0.15, 0.2) is 24.5 Å². The Morgan fingerprint density at radius 2 is 1.80 bits per heavy atom. The number of hydrogen-bond acceptors (Lipinski definition) is 5. The molecule has 0 aliphatic heterocycles. The van der Waals surface area contributed by atoms with E-state index < -0.39 is 0 Å². The maximum Gasteiger partial charge on any atom is 0.147 e. The Bertz CT molecular complexity index is 590. The minimum Gasteiger partial charge on any atom is -0.382 e. The van der Waals surface area contributed by atoms with Crippen LogP contribution in [0.4, 0.5) is 10.8 Å². The second kappa shape index (κ2) is 4.74. The van der Waals surface area contributed by atoms with Gasteiger partial charge in [-0.05, 0) is 66.7 Å². The summed E-state index contributed by atoms with van der Waals surface area (Å²) in [5.41, 5.74) is 8.21. The zero-order valence-corrected chi connectivity index (χ0v) is 12.1. The highest BCUT2D eigenvalue weighted by Gasteiger charge is 2.42. The summed E-state index contributed by atoms with van der Waals surface area (Å²) in [4.78, 5) is 4.07. The van der Waals surface area contributed by atoms with Gasteiger partial charge in [0.1, 0.15) is 10.8 Å². The molecule has 2 fully saturated rings. The predicted molar refractivity (Wildman–Crippen MR) is 82.6 cm³/mol. The monoisotopic (exact) mass is 286 g/mol. The summed E-state index contributed by atoms with van der Waals surface area (Å²) in [7, 11) is 0. The molecule has 0 spiro atoms. The lowest BCUT2D eigenvalue weighted by molar-refractivity contribution is 0.569. The molecule has 2 saturated carbocycles. The highest BCUT2D eigenvalue weighted by atomic mass is 32.1. The number of nitrogens with two attached hydrogens (primary N) is 1. The molecule has 2 heterocycles. The summed E-state index contributed by atoms with van der Waals surface area (Å²) in [5.74, 6) is 2.33. The molecular weight excluding hydrogens is 268 g/mol. The van der Waals surface area contributed by atoms with Gasteiger partial charge in [-0.3, -0.25) is 4.98 Å². The molecule has 0 bridgehead atoms. The Morgan fingerprint density at radius 1 is 1.15 bits per heavy atom. The van der Waals surface area contributed by atoms with Gasteiger partial charge in [0.2, 0.25) is 0 Å². The molecule has 20 heavy (non-hydrogen) atoms. The first-order valence-corrected chi connectivity index (χ1v) is 8.02. The smallest absolute Gasteiger partial charge is 0.147 e. The van der Waals surface area contributed by atoms with E-state index in [0.717, 1.165) is 28.0 Å². The van der Waals surface area contributed by atoms with Crippen LogP contribution in [0.3, 0.4) is 0 Å². The number of nitrogen functional groups attached to an aromatic ring is 1. The van der Waals surface area contributed by atoms with Crippen molar-refractivity contribution >= 4 is 22.4 Å². The highest BCUT2D eigenvalue weighted by Crippen LogP contribution is 2.47. The average molecular weight is 286 g/mol. The van der Waals surface area contributed by atoms with Crippen LogP contribution in [-0.2, 0) is 0 Å². The van der Waals surface area contributed by atoms with Crippen LogP contribution in [0.2, 0.25) is 0 Å². The topological polar surface area (TPSA) is 63.8 Å². The lowest BCUT2D eigenvalue weighted by Gasteiger charge is -2.18. The van der Waals surface area contributed by atoms with E-state index in [0.29, 0.717) is 11.9 Å². The fraction of sp³-hybridized carbons (Fsp3) is 0.467. The van der Waals surface area contributed by atoms with E-state index in [9.17, 15) is 0 Å². The molecule has 0 unspecified atom stereocenters. The zero-order chi connectivity index (χ0) is 13.5. The van der Waals surface area contributed by atoms with Gasteiger partial charge in [-0.2, -0.15) is 4.37 Å². The van der Waals surface area contributed by atoms with Crippen molar-refractivity contribution in [3.05, 3.63) is 24.5 Å². The van der Waals surface area contributed by atoms with Crippen LogP contribution in [0.1, 0.15) is 25.7 Å². The SMILES string of the molecule is Nc1nsc(NC(C2CC2)C2CC2)c1-c1ccncc1. The maximum atomic E-state index is 6.07. The third-order valence-corrected chi connectivity index (χ3v) is 5.04. The first-order chi connectivity index (χ1) is 9.83. The molecule has 5 heteroatoms. The standard InChI is InChI=1S/C15H18N4S/c16-14-12(9-5-7-17-8-6-9)15(20-19-14)18-13(10-1-2-10)11-3-4-11/h5-8,10-11,13,18H,1-4H2,(H2,16,19). The van der Waals surface area contributed by atoms with E-state index in [2.05, 4.69) is 14.7 Å². The van der Waals surface area contributed by atoms with Gasteiger partial charge in [-0.1, -0.05) is 0 Å². The molecule has 2 aliphatic carbocycles. The lowest BCUT2D eigenvalue weighted by atomic mass is 10.1. The van der Waals surface area contributed by atoms with Crippen molar-refractivity contribution in [1.82, 2.24) is 9.36 Å². The number of pyridine rings is 1. The summed E-state index contributed by atoms with van der Waals surface area (Å²) >= 11 is 1.48. The van der Waals surface area contributed by atoms with Crippen molar-refractivity contribution in [1.29, 1.82) is 0 Å².